The van der Waals surface area contributed by atoms with Crippen LogP contribution in [0.2, 0.25) is 0 Å². The number of amides is 1. The van der Waals surface area contributed by atoms with Gasteiger partial charge in [0.2, 0.25) is 0 Å². The molecule has 0 atom stereocenters. The summed E-state index contributed by atoms with van der Waals surface area (Å²) in [6, 6.07) is 19.5. The molecule has 4 heteroatoms. The van der Waals surface area contributed by atoms with Crippen molar-refractivity contribution < 1.29 is 4.79 Å². The molecule has 0 fully saturated rings. The van der Waals surface area contributed by atoms with Crippen molar-refractivity contribution in [1.82, 2.24) is 4.98 Å². The van der Waals surface area contributed by atoms with E-state index in [-0.39, 0.29) is 5.91 Å². The van der Waals surface area contributed by atoms with Gasteiger partial charge in [0.25, 0.3) is 5.91 Å². The minimum Gasteiger partial charge on any atom is -0.321 e. The van der Waals surface area contributed by atoms with Crippen molar-refractivity contribution in [1.29, 1.82) is 0 Å². The number of benzene rings is 2. The van der Waals surface area contributed by atoms with E-state index < -0.39 is 0 Å². The van der Waals surface area contributed by atoms with Crippen LogP contribution in [0.1, 0.15) is 10.4 Å². The lowest BCUT2D eigenvalue weighted by atomic mass is 10.0. The quantitative estimate of drug-likeness (QED) is 0.737. The fourth-order valence-electron chi connectivity index (χ4n) is 2.19. The molecule has 22 heavy (non-hydrogen) atoms. The molecular formula is C18H13BrN2O. The van der Waals surface area contributed by atoms with Gasteiger partial charge in [0.1, 0.15) is 0 Å². The van der Waals surface area contributed by atoms with Crippen molar-refractivity contribution in [3.05, 3.63) is 83.1 Å². The van der Waals surface area contributed by atoms with Gasteiger partial charge in [0, 0.05) is 28.1 Å². The Labute approximate surface area is 137 Å². The molecule has 1 heterocycles. The van der Waals surface area contributed by atoms with Crippen molar-refractivity contribution in [2.45, 2.75) is 0 Å². The molecule has 0 unspecified atom stereocenters. The largest absolute Gasteiger partial charge is 0.321 e. The molecule has 2 aromatic carbocycles. The Morgan fingerprint density at radius 3 is 2.45 bits per heavy atom. The van der Waals surface area contributed by atoms with Crippen LogP contribution in [0.4, 0.5) is 5.69 Å². The van der Waals surface area contributed by atoms with E-state index in [9.17, 15) is 4.79 Å². The van der Waals surface area contributed by atoms with E-state index in [0.29, 0.717) is 5.56 Å². The van der Waals surface area contributed by atoms with E-state index in [4.69, 9.17) is 0 Å². The van der Waals surface area contributed by atoms with Gasteiger partial charge in [-0.15, -0.1) is 0 Å². The second-order valence-corrected chi connectivity index (χ2v) is 5.67. The molecule has 1 aromatic heterocycles. The van der Waals surface area contributed by atoms with Gasteiger partial charge in [-0.1, -0.05) is 48.5 Å². The molecule has 0 saturated carbocycles. The van der Waals surface area contributed by atoms with Crippen molar-refractivity contribution in [3.8, 4) is 11.1 Å². The molecule has 0 spiro atoms. The molecule has 0 bridgehead atoms. The summed E-state index contributed by atoms with van der Waals surface area (Å²) in [7, 11) is 0. The first-order valence-electron chi connectivity index (χ1n) is 6.80. The lowest BCUT2D eigenvalue weighted by Crippen LogP contribution is -2.12. The number of carbonyl (C=O) groups excluding carboxylic acids is 1. The summed E-state index contributed by atoms with van der Waals surface area (Å²) in [6.07, 6.45) is 3.19. The van der Waals surface area contributed by atoms with Crippen molar-refractivity contribution in [2.24, 2.45) is 0 Å². The average molecular weight is 353 g/mol. The molecule has 3 rings (SSSR count). The van der Waals surface area contributed by atoms with Crippen molar-refractivity contribution >= 4 is 27.5 Å². The van der Waals surface area contributed by atoms with Gasteiger partial charge >= 0.3 is 0 Å². The molecule has 3 aromatic rings. The summed E-state index contributed by atoms with van der Waals surface area (Å²) in [5, 5.41) is 2.95. The number of hydrogen-bond donors (Lipinski definition) is 1. The number of hydrogen-bond acceptors (Lipinski definition) is 2. The number of rotatable bonds is 3. The molecule has 1 amide bonds. The fraction of sp³-hybridized carbons (Fsp3) is 0. The second-order valence-electron chi connectivity index (χ2n) is 4.76. The van der Waals surface area contributed by atoms with Gasteiger partial charge in [0.05, 0.1) is 5.56 Å². The van der Waals surface area contributed by atoms with E-state index in [1.54, 1.807) is 18.5 Å². The topological polar surface area (TPSA) is 42.0 Å². The summed E-state index contributed by atoms with van der Waals surface area (Å²) >= 11 is 3.32. The zero-order valence-electron chi connectivity index (χ0n) is 11.7. The monoisotopic (exact) mass is 352 g/mol. The molecule has 3 nitrogen and oxygen atoms in total. The Kier molecular flexibility index (Phi) is 4.30. The molecule has 0 aliphatic rings. The number of nitrogens with one attached hydrogen (secondary N) is 1. The number of anilines is 1. The first-order chi connectivity index (χ1) is 10.7. The number of para-hydroxylation sites is 1. The molecular weight excluding hydrogens is 340 g/mol. The SMILES string of the molecule is O=C(Nc1ccccc1-c1ccccc1)c1cncc(Br)c1. The van der Waals surface area contributed by atoms with Crippen molar-refractivity contribution in [2.75, 3.05) is 5.32 Å². The van der Waals surface area contributed by atoms with Crippen LogP contribution in [0.25, 0.3) is 11.1 Å². The van der Waals surface area contributed by atoms with Crippen LogP contribution < -0.4 is 5.32 Å². The molecule has 0 radical (unpaired) electrons. The maximum atomic E-state index is 12.4. The second kappa shape index (κ2) is 6.54. The Balaban J connectivity index is 1.92. The van der Waals surface area contributed by atoms with Crippen LogP contribution >= 0.6 is 15.9 Å². The normalized spacial score (nSPS) is 10.2. The van der Waals surface area contributed by atoms with Gasteiger partial charge in [-0.25, -0.2) is 0 Å². The van der Waals surface area contributed by atoms with Gasteiger partial charge in [-0.2, -0.15) is 0 Å². The minimum atomic E-state index is -0.183. The first-order valence-corrected chi connectivity index (χ1v) is 7.60. The lowest BCUT2D eigenvalue weighted by Gasteiger charge is -2.11. The van der Waals surface area contributed by atoms with Crippen LogP contribution in [0.15, 0.2) is 77.5 Å². The van der Waals surface area contributed by atoms with E-state index in [1.807, 2.05) is 54.6 Å². The Bertz CT molecular complexity index is 803. The summed E-state index contributed by atoms with van der Waals surface area (Å²) in [5.74, 6) is -0.183. The summed E-state index contributed by atoms with van der Waals surface area (Å²) in [5.41, 5.74) is 3.33. The highest BCUT2D eigenvalue weighted by Gasteiger charge is 2.10. The number of pyridine rings is 1. The molecule has 0 aliphatic carbocycles. The third kappa shape index (κ3) is 3.23. The van der Waals surface area contributed by atoms with Crippen molar-refractivity contribution in [3.63, 3.8) is 0 Å². The minimum absolute atomic E-state index is 0.183. The Hall–Kier alpha value is -2.46. The van der Waals surface area contributed by atoms with Crippen LogP contribution in [-0.4, -0.2) is 10.9 Å². The molecule has 1 N–H and O–H groups in total. The van der Waals surface area contributed by atoms with Crippen LogP contribution in [0, 0.1) is 0 Å². The van der Waals surface area contributed by atoms with E-state index in [1.165, 1.54) is 0 Å². The summed E-state index contributed by atoms with van der Waals surface area (Å²) in [6.45, 7) is 0. The fourth-order valence-corrected chi connectivity index (χ4v) is 2.56. The first kappa shape index (κ1) is 14.5. The van der Waals surface area contributed by atoms with Crippen LogP contribution in [0.3, 0.4) is 0 Å². The predicted molar refractivity (Wildman–Crippen MR) is 91.8 cm³/mol. The van der Waals surface area contributed by atoms with Gasteiger partial charge in [0.15, 0.2) is 0 Å². The molecule has 0 saturated heterocycles. The summed E-state index contributed by atoms with van der Waals surface area (Å²) in [4.78, 5) is 16.4. The third-order valence-corrected chi connectivity index (χ3v) is 3.66. The van der Waals surface area contributed by atoms with Crippen LogP contribution in [0.5, 0.6) is 0 Å². The van der Waals surface area contributed by atoms with Crippen LogP contribution in [-0.2, 0) is 0 Å². The van der Waals surface area contributed by atoms with Gasteiger partial charge < -0.3 is 5.32 Å². The Morgan fingerprint density at radius 2 is 1.68 bits per heavy atom. The van der Waals surface area contributed by atoms with E-state index in [2.05, 4.69) is 26.2 Å². The zero-order chi connectivity index (χ0) is 15.4. The average Bonchev–Trinajstić information content (AvgIpc) is 2.56. The lowest BCUT2D eigenvalue weighted by molar-refractivity contribution is 0.102. The highest BCUT2D eigenvalue weighted by Crippen LogP contribution is 2.28. The summed E-state index contributed by atoms with van der Waals surface area (Å²) < 4.78 is 0.775. The highest BCUT2D eigenvalue weighted by molar-refractivity contribution is 9.10. The van der Waals surface area contributed by atoms with E-state index >= 15 is 0 Å². The zero-order valence-corrected chi connectivity index (χ0v) is 13.2. The highest BCUT2D eigenvalue weighted by atomic mass is 79.9. The number of aromatic nitrogens is 1. The Morgan fingerprint density at radius 1 is 0.955 bits per heavy atom. The number of halogens is 1. The molecule has 0 aliphatic heterocycles. The standard InChI is InChI=1S/C18H13BrN2O/c19-15-10-14(11-20-12-15)18(22)21-17-9-5-4-8-16(17)13-6-2-1-3-7-13/h1-12H,(H,21,22). The maximum Gasteiger partial charge on any atom is 0.257 e. The predicted octanol–water partition coefficient (Wildman–Crippen LogP) is 4.76. The van der Waals surface area contributed by atoms with Gasteiger partial charge in [-0.05, 0) is 33.6 Å². The smallest absolute Gasteiger partial charge is 0.257 e. The van der Waals surface area contributed by atoms with Gasteiger partial charge in [-0.3, -0.25) is 9.78 Å². The molecule has 108 valence electrons. The third-order valence-electron chi connectivity index (χ3n) is 3.23. The maximum absolute atomic E-state index is 12.4. The number of carbonyl (C=O) groups is 1. The number of nitrogens with zero attached hydrogens (tertiary/aromatic N) is 1. The van der Waals surface area contributed by atoms with E-state index in [0.717, 1.165) is 21.3 Å².